The Morgan fingerprint density at radius 3 is 2.50 bits per heavy atom. The van der Waals surface area contributed by atoms with Crippen LogP contribution >= 0.6 is 0 Å². The first-order chi connectivity index (χ1) is 11.3. The molecule has 24 heavy (non-hydrogen) atoms. The van der Waals surface area contributed by atoms with Crippen LogP contribution in [0.2, 0.25) is 0 Å². The van der Waals surface area contributed by atoms with Crippen LogP contribution in [0.25, 0.3) is 0 Å². The molecule has 1 unspecified atom stereocenters. The van der Waals surface area contributed by atoms with Crippen LogP contribution in [0.5, 0.6) is 5.75 Å². The molecule has 0 radical (unpaired) electrons. The van der Waals surface area contributed by atoms with Crippen molar-refractivity contribution in [1.82, 2.24) is 4.90 Å². The molecular formula is C17H26N2O4S. The lowest BCUT2D eigenvalue weighted by Crippen LogP contribution is -2.44. The first-order valence-corrected chi connectivity index (χ1v) is 9.87. The number of primary sulfonamides is 1. The molecule has 2 N–H and O–H groups in total. The van der Waals surface area contributed by atoms with E-state index < -0.39 is 10.0 Å². The van der Waals surface area contributed by atoms with Crippen molar-refractivity contribution in [2.75, 3.05) is 7.11 Å². The third kappa shape index (κ3) is 3.89. The van der Waals surface area contributed by atoms with Crippen molar-refractivity contribution in [2.24, 2.45) is 5.14 Å². The van der Waals surface area contributed by atoms with Crippen LogP contribution < -0.4 is 9.88 Å². The molecule has 1 aliphatic carbocycles. The first kappa shape index (κ1) is 18.7. The van der Waals surface area contributed by atoms with Crippen LogP contribution in [0.4, 0.5) is 0 Å². The number of hydrogen-bond acceptors (Lipinski definition) is 4. The standard InChI is InChI=1S/C17H26N2O4S/c1-4-12(2)19(13-7-5-6-8-13)17(20)15-11-14(24(18,21)22)9-10-16(15)23-3/h9-13H,4-8H2,1-3H3,(H2,18,21,22). The van der Waals surface area contributed by atoms with E-state index >= 15 is 0 Å². The lowest BCUT2D eigenvalue weighted by atomic mass is 10.1. The van der Waals surface area contributed by atoms with Crippen molar-refractivity contribution in [3.05, 3.63) is 23.8 Å². The average molecular weight is 354 g/mol. The van der Waals surface area contributed by atoms with E-state index in [0.717, 1.165) is 32.1 Å². The van der Waals surface area contributed by atoms with Gasteiger partial charge in [-0.2, -0.15) is 0 Å². The van der Waals surface area contributed by atoms with Gasteiger partial charge in [-0.25, -0.2) is 13.6 Å². The highest BCUT2D eigenvalue weighted by Crippen LogP contribution is 2.30. The van der Waals surface area contributed by atoms with E-state index in [1.807, 2.05) is 18.7 Å². The topological polar surface area (TPSA) is 89.7 Å². The van der Waals surface area contributed by atoms with Crippen LogP contribution in [0.3, 0.4) is 0 Å². The number of ether oxygens (including phenoxy) is 1. The van der Waals surface area contributed by atoms with Crippen LogP contribution in [0.1, 0.15) is 56.3 Å². The number of nitrogens with two attached hydrogens (primary N) is 1. The van der Waals surface area contributed by atoms with Gasteiger partial charge in [-0.15, -0.1) is 0 Å². The highest BCUT2D eigenvalue weighted by molar-refractivity contribution is 7.89. The van der Waals surface area contributed by atoms with Crippen molar-refractivity contribution in [1.29, 1.82) is 0 Å². The quantitative estimate of drug-likeness (QED) is 0.850. The highest BCUT2D eigenvalue weighted by atomic mass is 32.2. The Kier molecular flexibility index (Phi) is 5.87. The average Bonchev–Trinajstić information content (AvgIpc) is 3.07. The summed E-state index contributed by atoms with van der Waals surface area (Å²) in [6.07, 6.45) is 5.01. The molecule has 0 aromatic heterocycles. The Bertz CT molecular complexity index is 697. The lowest BCUT2D eigenvalue weighted by molar-refractivity contribution is 0.0586. The van der Waals surface area contributed by atoms with Gasteiger partial charge in [0, 0.05) is 12.1 Å². The summed E-state index contributed by atoms with van der Waals surface area (Å²) in [5, 5.41) is 5.21. The fourth-order valence-corrected chi connectivity index (χ4v) is 3.82. The van der Waals surface area contributed by atoms with E-state index in [1.165, 1.54) is 25.3 Å². The molecule has 0 aliphatic heterocycles. The molecule has 1 amide bonds. The van der Waals surface area contributed by atoms with Gasteiger partial charge in [0.05, 0.1) is 17.6 Å². The minimum absolute atomic E-state index is 0.0726. The maximum Gasteiger partial charge on any atom is 0.258 e. The molecule has 0 heterocycles. The second-order valence-corrected chi connectivity index (χ2v) is 7.88. The minimum Gasteiger partial charge on any atom is -0.496 e. The van der Waals surface area contributed by atoms with Crippen molar-refractivity contribution in [2.45, 2.75) is 62.9 Å². The number of sulfonamides is 1. The molecule has 0 bridgehead atoms. The van der Waals surface area contributed by atoms with E-state index in [-0.39, 0.29) is 28.4 Å². The molecule has 1 fully saturated rings. The Labute approximate surface area is 144 Å². The summed E-state index contributed by atoms with van der Waals surface area (Å²) >= 11 is 0. The summed E-state index contributed by atoms with van der Waals surface area (Å²) in [5.74, 6) is 0.164. The van der Waals surface area contributed by atoms with E-state index in [2.05, 4.69) is 0 Å². The summed E-state index contributed by atoms with van der Waals surface area (Å²) in [6, 6.07) is 4.42. The molecule has 1 aromatic rings. The van der Waals surface area contributed by atoms with Gasteiger partial charge in [0.25, 0.3) is 5.91 Å². The molecule has 1 aliphatic rings. The smallest absolute Gasteiger partial charge is 0.258 e. The second kappa shape index (κ2) is 7.53. The van der Waals surface area contributed by atoms with E-state index in [1.54, 1.807) is 0 Å². The number of nitrogens with zero attached hydrogens (tertiary/aromatic N) is 1. The minimum atomic E-state index is -3.88. The van der Waals surface area contributed by atoms with Gasteiger partial charge in [-0.3, -0.25) is 4.79 Å². The van der Waals surface area contributed by atoms with E-state index in [4.69, 9.17) is 9.88 Å². The molecule has 1 aromatic carbocycles. The zero-order valence-corrected chi connectivity index (χ0v) is 15.3. The fraction of sp³-hybridized carbons (Fsp3) is 0.588. The molecule has 2 rings (SSSR count). The lowest BCUT2D eigenvalue weighted by Gasteiger charge is -2.34. The van der Waals surface area contributed by atoms with Crippen LogP contribution in [-0.4, -0.2) is 38.4 Å². The second-order valence-electron chi connectivity index (χ2n) is 6.32. The highest BCUT2D eigenvalue weighted by Gasteiger charge is 2.32. The molecule has 134 valence electrons. The van der Waals surface area contributed by atoms with Crippen molar-refractivity contribution in [3.63, 3.8) is 0 Å². The Morgan fingerprint density at radius 1 is 1.38 bits per heavy atom. The summed E-state index contributed by atoms with van der Waals surface area (Å²) in [4.78, 5) is 15.0. The third-order valence-corrected chi connectivity index (χ3v) is 5.66. The Morgan fingerprint density at radius 2 is 2.00 bits per heavy atom. The normalized spacial score (nSPS) is 16.8. The number of hydrogen-bond donors (Lipinski definition) is 1. The molecular weight excluding hydrogens is 328 g/mol. The van der Waals surface area contributed by atoms with Gasteiger partial charge in [0.1, 0.15) is 5.75 Å². The number of rotatable bonds is 6. The van der Waals surface area contributed by atoms with Gasteiger partial charge in [0.15, 0.2) is 0 Å². The fourth-order valence-electron chi connectivity index (χ4n) is 3.28. The molecule has 1 atom stereocenters. The summed E-state index contributed by atoms with van der Waals surface area (Å²) < 4.78 is 28.5. The molecule has 0 saturated heterocycles. The molecule has 7 heteroatoms. The van der Waals surface area contributed by atoms with Gasteiger partial charge in [0.2, 0.25) is 10.0 Å². The number of amides is 1. The zero-order valence-electron chi connectivity index (χ0n) is 14.5. The summed E-state index contributed by atoms with van der Waals surface area (Å²) in [6.45, 7) is 4.06. The van der Waals surface area contributed by atoms with Gasteiger partial charge < -0.3 is 9.64 Å². The first-order valence-electron chi connectivity index (χ1n) is 8.33. The predicted molar refractivity (Wildman–Crippen MR) is 92.5 cm³/mol. The van der Waals surface area contributed by atoms with Gasteiger partial charge in [-0.05, 0) is 44.4 Å². The zero-order chi connectivity index (χ0) is 17.9. The van der Waals surface area contributed by atoms with E-state index in [0.29, 0.717) is 5.75 Å². The van der Waals surface area contributed by atoms with Crippen LogP contribution in [0.15, 0.2) is 23.1 Å². The van der Waals surface area contributed by atoms with Crippen molar-refractivity contribution < 1.29 is 17.9 Å². The largest absolute Gasteiger partial charge is 0.496 e. The summed E-state index contributed by atoms with van der Waals surface area (Å²) in [5.41, 5.74) is 0.247. The number of carbonyl (C=O) groups excluding carboxylic acids is 1. The molecule has 1 saturated carbocycles. The number of benzene rings is 1. The van der Waals surface area contributed by atoms with Crippen LogP contribution in [0, 0.1) is 0 Å². The maximum atomic E-state index is 13.2. The molecule has 0 spiro atoms. The Hall–Kier alpha value is -1.60. The molecule has 6 nitrogen and oxygen atoms in total. The van der Waals surface area contributed by atoms with E-state index in [9.17, 15) is 13.2 Å². The maximum absolute atomic E-state index is 13.2. The van der Waals surface area contributed by atoms with Crippen molar-refractivity contribution >= 4 is 15.9 Å². The monoisotopic (exact) mass is 354 g/mol. The van der Waals surface area contributed by atoms with Crippen molar-refractivity contribution in [3.8, 4) is 5.75 Å². The van der Waals surface area contributed by atoms with Gasteiger partial charge >= 0.3 is 0 Å². The third-order valence-electron chi connectivity index (χ3n) is 4.75. The SMILES string of the molecule is CCC(C)N(C(=O)c1cc(S(N)(=O)=O)ccc1OC)C1CCCC1. The Balaban J connectivity index is 2.48. The number of carbonyl (C=O) groups is 1. The van der Waals surface area contributed by atoms with Crippen LogP contribution in [-0.2, 0) is 10.0 Å². The summed E-state index contributed by atoms with van der Waals surface area (Å²) in [7, 11) is -2.42. The predicted octanol–water partition coefficient (Wildman–Crippen LogP) is 2.53. The number of methoxy groups -OCH3 is 1. The van der Waals surface area contributed by atoms with Gasteiger partial charge in [-0.1, -0.05) is 19.8 Å².